The number of terminal acetylenes is 1. The number of rotatable bonds is 8. The molecule has 19 heavy (non-hydrogen) atoms. The summed E-state index contributed by atoms with van der Waals surface area (Å²) < 4.78 is 0. The van der Waals surface area contributed by atoms with Gasteiger partial charge in [-0.1, -0.05) is 26.7 Å². The van der Waals surface area contributed by atoms with Crippen LogP contribution >= 0.6 is 0 Å². The molecular weight excluding hydrogens is 244 g/mol. The molecule has 0 saturated heterocycles. The third kappa shape index (κ3) is 6.14. The molecule has 5 heteroatoms. The third-order valence-corrected chi connectivity index (χ3v) is 3.22. The predicted octanol–water partition coefficient (Wildman–Crippen LogP) is 1.93. The molecule has 108 valence electrons. The highest BCUT2D eigenvalue weighted by molar-refractivity contribution is 5.82. The van der Waals surface area contributed by atoms with Crippen LogP contribution in [0.5, 0.6) is 0 Å². The zero-order valence-corrected chi connectivity index (χ0v) is 12.0. The number of carboxylic acid groups (broad SMARTS) is 1. The maximum atomic E-state index is 12.0. The first kappa shape index (κ1) is 17.3. The number of carbonyl (C=O) groups excluding carboxylic acids is 1. The highest BCUT2D eigenvalue weighted by Gasteiger charge is 2.22. The van der Waals surface area contributed by atoms with Crippen LogP contribution in [0.1, 0.15) is 40.0 Å². The number of carbonyl (C=O) groups is 2. The molecule has 0 saturated carbocycles. The van der Waals surface area contributed by atoms with Gasteiger partial charge in [-0.3, -0.25) is 0 Å². The number of nitrogens with one attached hydrogen (secondary N) is 1. The number of amides is 2. The number of urea groups is 1. The van der Waals surface area contributed by atoms with E-state index >= 15 is 0 Å². The average molecular weight is 268 g/mol. The Labute approximate surface area is 115 Å². The standard InChI is InChI=1S/C14H24N2O3/c1-5-9-12(13(17)18)15-14(19)16(8-4)10-11(6-2)7-3/h1,11-12H,6-10H2,2-4H3,(H,15,19)(H,17,18). The van der Waals surface area contributed by atoms with Gasteiger partial charge >= 0.3 is 12.0 Å². The summed E-state index contributed by atoms with van der Waals surface area (Å²) in [5.74, 6) is 1.59. The molecule has 2 N–H and O–H groups in total. The highest BCUT2D eigenvalue weighted by Crippen LogP contribution is 2.10. The van der Waals surface area contributed by atoms with Crippen molar-refractivity contribution in [3.8, 4) is 12.3 Å². The van der Waals surface area contributed by atoms with E-state index in [1.807, 2.05) is 6.92 Å². The van der Waals surface area contributed by atoms with Crippen molar-refractivity contribution in [2.45, 2.75) is 46.1 Å². The van der Waals surface area contributed by atoms with Crippen molar-refractivity contribution in [3.05, 3.63) is 0 Å². The molecule has 5 nitrogen and oxygen atoms in total. The van der Waals surface area contributed by atoms with Crippen LogP contribution in [0, 0.1) is 18.3 Å². The van der Waals surface area contributed by atoms with Crippen LogP contribution in [-0.4, -0.2) is 41.1 Å². The Morgan fingerprint density at radius 2 is 1.89 bits per heavy atom. The molecule has 0 rings (SSSR count). The summed E-state index contributed by atoms with van der Waals surface area (Å²) in [6, 6.07) is -1.38. The van der Waals surface area contributed by atoms with Crippen molar-refractivity contribution < 1.29 is 14.7 Å². The van der Waals surface area contributed by atoms with Gasteiger partial charge in [0.25, 0.3) is 0 Å². The lowest BCUT2D eigenvalue weighted by Crippen LogP contribution is -2.49. The fourth-order valence-electron chi connectivity index (χ4n) is 1.77. The van der Waals surface area contributed by atoms with Crippen LogP contribution in [0.2, 0.25) is 0 Å². The Bertz CT molecular complexity index is 332. The molecule has 1 atom stereocenters. The Balaban J connectivity index is 4.57. The van der Waals surface area contributed by atoms with Crippen LogP contribution in [0.4, 0.5) is 4.79 Å². The summed E-state index contributed by atoms with van der Waals surface area (Å²) in [4.78, 5) is 24.6. The van der Waals surface area contributed by atoms with Gasteiger partial charge in [0, 0.05) is 19.5 Å². The van der Waals surface area contributed by atoms with Gasteiger partial charge in [-0.15, -0.1) is 12.3 Å². The maximum Gasteiger partial charge on any atom is 0.327 e. The van der Waals surface area contributed by atoms with Gasteiger partial charge in [-0.2, -0.15) is 0 Å². The lowest BCUT2D eigenvalue weighted by atomic mass is 10.0. The van der Waals surface area contributed by atoms with Crippen LogP contribution in [0.15, 0.2) is 0 Å². The largest absolute Gasteiger partial charge is 0.480 e. The van der Waals surface area contributed by atoms with Crippen molar-refractivity contribution in [1.82, 2.24) is 10.2 Å². The molecule has 0 radical (unpaired) electrons. The zero-order chi connectivity index (χ0) is 14.8. The normalized spacial score (nSPS) is 11.7. The molecule has 0 aliphatic carbocycles. The second-order valence-corrected chi connectivity index (χ2v) is 4.47. The van der Waals surface area contributed by atoms with E-state index in [0.29, 0.717) is 19.0 Å². The summed E-state index contributed by atoms with van der Waals surface area (Å²) in [5.41, 5.74) is 0. The predicted molar refractivity (Wildman–Crippen MR) is 74.7 cm³/mol. The summed E-state index contributed by atoms with van der Waals surface area (Å²) in [5, 5.41) is 11.4. The Morgan fingerprint density at radius 1 is 1.32 bits per heavy atom. The molecule has 0 spiro atoms. The molecule has 0 aliphatic rings. The fourth-order valence-corrected chi connectivity index (χ4v) is 1.77. The second-order valence-electron chi connectivity index (χ2n) is 4.47. The van der Waals surface area contributed by atoms with Crippen LogP contribution < -0.4 is 5.32 Å². The number of carboxylic acids is 1. The monoisotopic (exact) mass is 268 g/mol. The van der Waals surface area contributed by atoms with Crippen LogP contribution in [0.3, 0.4) is 0 Å². The quantitative estimate of drug-likeness (QED) is 0.661. The van der Waals surface area contributed by atoms with Gasteiger partial charge in [0.1, 0.15) is 6.04 Å². The van der Waals surface area contributed by atoms with Crippen molar-refractivity contribution in [2.24, 2.45) is 5.92 Å². The van der Waals surface area contributed by atoms with Gasteiger partial charge in [0.05, 0.1) is 0 Å². The first-order valence-electron chi connectivity index (χ1n) is 6.71. The summed E-state index contributed by atoms with van der Waals surface area (Å²) >= 11 is 0. The Morgan fingerprint density at radius 3 is 2.26 bits per heavy atom. The molecule has 0 aromatic rings. The van der Waals surface area contributed by atoms with Gasteiger partial charge < -0.3 is 15.3 Å². The van der Waals surface area contributed by atoms with E-state index in [0.717, 1.165) is 12.8 Å². The third-order valence-electron chi connectivity index (χ3n) is 3.22. The molecule has 1 unspecified atom stereocenters. The first-order chi connectivity index (χ1) is 8.99. The SMILES string of the molecule is C#CCC(NC(=O)N(CC)CC(CC)CC)C(=O)O. The topological polar surface area (TPSA) is 69.6 Å². The number of hydrogen-bond donors (Lipinski definition) is 2. The van der Waals surface area contributed by atoms with E-state index in [1.165, 1.54) is 0 Å². The smallest absolute Gasteiger partial charge is 0.327 e. The van der Waals surface area contributed by atoms with Gasteiger partial charge in [-0.25, -0.2) is 9.59 Å². The minimum absolute atomic E-state index is 0.0103. The first-order valence-corrected chi connectivity index (χ1v) is 6.71. The summed E-state index contributed by atoms with van der Waals surface area (Å²) in [6.45, 7) is 7.22. The molecule has 0 aromatic heterocycles. The van der Waals surface area contributed by atoms with Gasteiger partial charge in [0.15, 0.2) is 0 Å². The summed E-state index contributed by atoms with van der Waals surface area (Å²) in [6.07, 6.45) is 7.07. The molecule has 0 bridgehead atoms. The second kappa shape index (κ2) is 9.26. The van der Waals surface area contributed by atoms with Crippen LogP contribution in [0.25, 0.3) is 0 Å². The molecular formula is C14H24N2O3. The highest BCUT2D eigenvalue weighted by atomic mass is 16.4. The minimum atomic E-state index is -1.11. The van der Waals surface area contributed by atoms with E-state index in [9.17, 15) is 9.59 Å². The zero-order valence-electron chi connectivity index (χ0n) is 12.0. The van der Waals surface area contributed by atoms with E-state index in [4.69, 9.17) is 11.5 Å². The number of nitrogens with zero attached hydrogens (tertiary/aromatic N) is 1. The maximum absolute atomic E-state index is 12.0. The number of hydrogen-bond acceptors (Lipinski definition) is 2. The van der Waals surface area contributed by atoms with E-state index in [1.54, 1.807) is 4.90 Å². The number of aliphatic carboxylic acids is 1. The average Bonchev–Trinajstić information content (AvgIpc) is 2.39. The lowest BCUT2D eigenvalue weighted by Gasteiger charge is -2.27. The molecule has 0 aromatic carbocycles. The van der Waals surface area contributed by atoms with Gasteiger partial charge in [-0.05, 0) is 12.8 Å². The van der Waals surface area contributed by atoms with Crippen molar-refractivity contribution >= 4 is 12.0 Å². The van der Waals surface area contributed by atoms with Crippen molar-refractivity contribution in [3.63, 3.8) is 0 Å². The van der Waals surface area contributed by atoms with E-state index in [-0.39, 0.29) is 12.5 Å². The van der Waals surface area contributed by atoms with Crippen molar-refractivity contribution in [1.29, 1.82) is 0 Å². The Kier molecular flexibility index (Phi) is 8.43. The molecule has 0 aliphatic heterocycles. The molecule has 0 heterocycles. The lowest BCUT2D eigenvalue weighted by molar-refractivity contribution is -0.139. The Hall–Kier alpha value is -1.70. The van der Waals surface area contributed by atoms with Gasteiger partial charge in [0.2, 0.25) is 0 Å². The van der Waals surface area contributed by atoms with E-state index < -0.39 is 12.0 Å². The van der Waals surface area contributed by atoms with Crippen LogP contribution in [-0.2, 0) is 4.79 Å². The van der Waals surface area contributed by atoms with Crippen molar-refractivity contribution in [2.75, 3.05) is 13.1 Å². The minimum Gasteiger partial charge on any atom is -0.480 e. The molecule has 2 amide bonds. The summed E-state index contributed by atoms with van der Waals surface area (Å²) in [7, 11) is 0. The molecule has 0 fully saturated rings. The van der Waals surface area contributed by atoms with E-state index in [2.05, 4.69) is 25.1 Å². The fraction of sp³-hybridized carbons (Fsp3) is 0.714.